The molecule has 1 N–H and O–H groups in total. The molecular weight excluding hydrogens is 518 g/mol. The van der Waals surface area contributed by atoms with Crippen molar-refractivity contribution in [2.24, 2.45) is 0 Å². The first-order valence-electron chi connectivity index (χ1n) is 9.62. The zero-order chi connectivity index (χ0) is 24.8. The van der Waals surface area contributed by atoms with Crippen LogP contribution in [0.15, 0.2) is 58.9 Å². The van der Waals surface area contributed by atoms with Gasteiger partial charge in [-0.15, -0.1) is 11.3 Å². The third-order valence-electron chi connectivity index (χ3n) is 5.07. The van der Waals surface area contributed by atoms with Gasteiger partial charge in [-0.3, -0.25) is 4.79 Å². The van der Waals surface area contributed by atoms with Gasteiger partial charge in [-0.05, 0) is 60.0 Å². The fourth-order valence-electron chi connectivity index (χ4n) is 3.48. The predicted octanol–water partition coefficient (Wildman–Crippen LogP) is 6.44. The number of nitrogens with zero attached hydrogens (tertiary/aromatic N) is 1. The fraction of sp³-hybridized carbons (Fsp3) is 0.136. The zero-order valence-electron chi connectivity index (χ0n) is 16.9. The van der Waals surface area contributed by atoms with E-state index in [0.717, 1.165) is 39.6 Å². The maximum absolute atomic E-state index is 13.8. The Morgan fingerprint density at radius 1 is 1.09 bits per heavy atom. The molecule has 0 bridgehead atoms. The van der Waals surface area contributed by atoms with Crippen LogP contribution in [0.3, 0.4) is 0 Å². The van der Waals surface area contributed by atoms with Crippen LogP contribution in [0.5, 0.6) is 0 Å². The minimum Gasteiger partial charge on any atom is -0.481 e. The Labute approximate surface area is 199 Å². The van der Waals surface area contributed by atoms with Crippen molar-refractivity contribution in [3.63, 3.8) is 0 Å². The van der Waals surface area contributed by atoms with Crippen LogP contribution in [-0.4, -0.2) is 23.5 Å². The first kappa shape index (κ1) is 24.2. The highest BCUT2D eigenvalue weighted by atomic mass is 35.5. The molecule has 4 rings (SSSR count). The lowest BCUT2D eigenvalue weighted by atomic mass is 10.1. The molecule has 2 aromatic carbocycles. The molecule has 34 heavy (non-hydrogen) atoms. The average molecular weight is 532 g/mol. The minimum atomic E-state index is -4.68. The van der Waals surface area contributed by atoms with Gasteiger partial charge in [0.15, 0.2) is 0 Å². The summed E-state index contributed by atoms with van der Waals surface area (Å²) in [6, 6.07) is 9.44. The molecular formula is C22H14ClF4NO4S2. The van der Waals surface area contributed by atoms with E-state index in [9.17, 15) is 30.8 Å². The highest BCUT2D eigenvalue weighted by molar-refractivity contribution is 7.92. The van der Waals surface area contributed by atoms with Crippen molar-refractivity contribution < 1.29 is 35.9 Å². The minimum absolute atomic E-state index is 0.0154. The number of thiophene rings is 1. The maximum atomic E-state index is 13.8. The summed E-state index contributed by atoms with van der Waals surface area (Å²) in [6.07, 6.45) is -3.73. The van der Waals surface area contributed by atoms with Gasteiger partial charge in [0.1, 0.15) is 10.0 Å². The maximum Gasteiger partial charge on any atom is 0.417 e. The number of benzene rings is 2. The van der Waals surface area contributed by atoms with E-state index in [-0.39, 0.29) is 38.4 Å². The fourth-order valence-corrected chi connectivity index (χ4v) is 6.49. The number of alkyl halides is 3. The van der Waals surface area contributed by atoms with E-state index >= 15 is 0 Å². The highest BCUT2D eigenvalue weighted by Gasteiger charge is 2.33. The number of carboxylic acid groups (broad SMARTS) is 1. The second-order valence-corrected chi connectivity index (χ2v) is 10.9. The molecule has 0 atom stereocenters. The molecule has 5 nitrogen and oxygen atoms in total. The van der Waals surface area contributed by atoms with Gasteiger partial charge >= 0.3 is 12.1 Å². The van der Waals surface area contributed by atoms with E-state index in [2.05, 4.69) is 0 Å². The van der Waals surface area contributed by atoms with Gasteiger partial charge in [-0.25, -0.2) is 8.36 Å². The summed E-state index contributed by atoms with van der Waals surface area (Å²) in [7, 11) is -4.21. The van der Waals surface area contributed by atoms with Gasteiger partial charge in [-0.1, -0.05) is 17.7 Å². The van der Waals surface area contributed by atoms with Crippen molar-refractivity contribution in [1.29, 1.82) is 0 Å². The molecule has 0 aliphatic rings. The van der Waals surface area contributed by atoms with Gasteiger partial charge in [0.05, 0.1) is 16.1 Å². The molecule has 0 fully saturated rings. The molecule has 0 aliphatic carbocycles. The van der Waals surface area contributed by atoms with Gasteiger partial charge in [0.2, 0.25) is 0 Å². The number of aliphatic carboxylic acids is 1. The zero-order valence-corrected chi connectivity index (χ0v) is 19.3. The molecule has 178 valence electrons. The standard InChI is InChI=1S/C22H14ClF4NO4S2/c23-17-4-1-12(9-16(17)22(25,26)27)19-6-8-21(33-19)34(31,32)28-11-13(2-7-20(29)30)15-10-14(24)3-5-18(15)28/h1,3-6,8-11H,2,7H2,(H,29,30). The van der Waals surface area contributed by atoms with Crippen molar-refractivity contribution in [2.45, 2.75) is 23.2 Å². The summed E-state index contributed by atoms with van der Waals surface area (Å²) in [5, 5.41) is 8.75. The molecule has 0 radical (unpaired) electrons. The summed E-state index contributed by atoms with van der Waals surface area (Å²) in [6.45, 7) is 0. The van der Waals surface area contributed by atoms with Crippen LogP contribution in [0.4, 0.5) is 17.6 Å². The molecule has 2 heterocycles. The highest BCUT2D eigenvalue weighted by Crippen LogP contribution is 2.40. The predicted molar refractivity (Wildman–Crippen MR) is 120 cm³/mol. The number of halogens is 5. The Bertz CT molecular complexity index is 1520. The lowest BCUT2D eigenvalue weighted by molar-refractivity contribution is -0.138. The van der Waals surface area contributed by atoms with E-state index in [4.69, 9.17) is 16.7 Å². The summed E-state index contributed by atoms with van der Waals surface area (Å²) in [5.41, 5.74) is -0.400. The quantitative estimate of drug-likeness (QED) is 0.291. The number of fused-ring (bicyclic) bond motifs is 1. The van der Waals surface area contributed by atoms with Gasteiger partial charge < -0.3 is 5.11 Å². The third-order valence-corrected chi connectivity index (χ3v) is 8.68. The summed E-state index contributed by atoms with van der Waals surface area (Å²) < 4.78 is 81.0. The lowest BCUT2D eigenvalue weighted by Crippen LogP contribution is -2.10. The normalized spacial score (nSPS) is 12.4. The second kappa shape index (κ2) is 8.71. The van der Waals surface area contributed by atoms with Crippen LogP contribution in [0.2, 0.25) is 5.02 Å². The molecule has 0 unspecified atom stereocenters. The van der Waals surface area contributed by atoms with Crippen molar-refractivity contribution in [1.82, 2.24) is 3.97 Å². The molecule has 12 heteroatoms. The van der Waals surface area contributed by atoms with Crippen molar-refractivity contribution in [3.8, 4) is 10.4 Å². The van der Waals surface area contributed by atoms with Crippen molar-refractivity contribution >= 4 is 49.8 Å². The molecule has 0 amide bonds. The third kappa shape index (κ3) is 4.55. The van der Waals surface area contributed by atoms with Crippen LogP contribution in [0, 0.1) is 5.82 Å². The Morgan fingerprint density at radius 3 is 2.50 bits per heavy atom. The Balaban J connectivity index is 1.78. The number of carbonyl (C=O) groups is 1. The van der Waals surface area contributed by atoms with Crippen molar-refractivity contribution in [2.75, 3.05) is 0 Å². The second-order valence-electron chi connectivity index (χ2n) is 7.32. The van der Waals surface area contributed by atoms with E-state index in [1.54, 1.807) is 0 Å². The van der Waals surface area contributed by atoms with E-state index in [1.165, 1.54) is 30.5 Å². The number of carboxylic acids is 1. The van der Waals surface area contributed by atoms with Crippen LogP contribution < -0.4 is 0 Å². The average Bonchev–Trinajstić information content (AvgIpc) is 3.37. The smallest absolute Gasteiger partial charge is 0.417 e. The van der Waals surface area contributed by atoms with E-state index in [1.807, 2.05) is 0 Å². The molecule has 0 aliphatic heterocycles. The lowest BCUT2D eigenvalue weighted by Gasteiger charge is -2.10. The number of aryl methyl sites for hydroxylation is 1. The van der Waals surface area contributed by atoms with Crippen molar-refractivity contribution in [3.05, 3.63) is 76.7 Å². The van der Waals surface area contributed by atoms with Gasteiger partial charge in [0, 0.05) is 22.9 Å². The summed E-state index contributed by atoms with van der Waals surface area (Å²) in [5.74, 6) is -1.70. The van der Waals surface area contributed by atoms with Gasteiger partial charge in [-0.2, -0.15) is 21.6 Å². The number of rotatable bonds is 6. The molecule has 0 saturated carbocycles. The molecule has 0 saturated heterocycles. The van der Waals surface area contributed by atoms with Crippen LogP contribution >= 0.6 is 22.9 Å². The Morgan fingerprint density at radius 2 is 1.82 bits per heavy atom. The van der Waals surface area contributed by atoms with Crippen LogP contribution in [0.25, 0.3) is 21.3 Å². The SMILES string of the molecule is O=C(O)CCc1cn(S(=O)(=O)c2ccc(-c3ccc(Cl)c(C(F)(F)F)c3)s2)c2ccc(F)cc12. The first-order chi connectivity index (χ1) is 15.9. The Hall–Kier alpha value is -2.89. The largest absolute Gasteiger partial charge is 0.481 e. The Kier molecular flexibility index (Phi) is 6.21. The number of aromatic nitrogens is 1. The molecule has 4 aromatic rings. The molecule has 2 aromatic heterocycles. The first-order valence-corrected chi connectivity index (χ1v) is 12.2. The molecule has 0 spiro atoms. The summed E-state index contributed by atoms with van der Waals surface area (Å²) in [4.78, 5) is 11.2. The van der Waals surface area contributed by atoms with E-state index < -0.39 is 38.6 Å². The van der Waals surface area contributed by atoms with Gasteiger partial charge in [0.25, 0.3) is 10.0 Å². The van der Waals surface area contributed by atoms with Crippen LogP contribution in [-0.2, 0) is 27.4 Å². The summed E-state index contributed by atoms with van der Waals surface area (Å²) >= 11 is 6.43. The number of hydrogen-bond donors (Lipinski definition) is 1. The van der Waals surface area contributed by atoms with Crippen LogP contribution in [0.1, 0.15) is 17.5 Å². The van der Waals surface area contributed by atoms with E-state index in [0.29, 0.717) is 5.56 Å². The number of hydrogen-bond acceptors (Lipinski definition) is 4. The topological polar surface area (TPSA) is 76.4 Å². The monoisotopic (exact) mass is 531 g/mol.